The molecule has 82 valence electrons. The Morgan fingerprint density at radius 2 is 2.33 bits per heavy atom. The molecule has 15 heavy (non-hydrogen) atoms. The van der Waals surface area contributed by atoms with Gasteiger partial charge in [-0.25, -0.2) is 8.78 Å². The van der Waals surface area contributed by atoms with Gasteiger partial charge < -0.3 is 4.52 Å². The molecular weight excluding hydrogens is 206 g/mol. The molecule has 1 atom stereocenters. The maximum atomic E-state index is 13.1. The molecule has 1 unspecified atom stereocenters. The van der Waals surface area contributed by atoms with E-state index in [1.165, 1.54) is 0 Å². The third-order valence-corrected chi connectivity index (χ3v) is 2.56. The lowest BCUT2D eigenvalue weighted by molar-refractivity contribution is -0.0418. The first kappa shape index (κ1) is 10.2. The van der Waals surface area contributed by atoms with Gasteiger partial charge in [-0.05, 0) is 12.8 Å². The summed E-state index contributed by atoms with van der Waals surface area (Å²) in [6.45, 7) is 0. The molecule has 1 saturated carbocycles. The maximum absolute atomic E-state index is 13.1. The Morgan fingerprint density at radius 1 is 1.53 bits per heavy atom. The number of nitrogens with zero attached hydrogens (tertiary/aromatic N) is 2. The van der Waals surface area contributed by atoms with Crippen molar-refractivity contribution in [2.24, 2.45) is 0 Å². The third-order valence-electron chi connectivity index (χ3n) is 2.56. The van der Waals surface area contributed by atoms with Crippen molar-refractivity contribution >= 4 is 6.29 Å². The van der Waals surface area contributed by atoms with Crippen LogP contribution in [0.4, 0.5) is 8.78 Å². The van der Waals surface area contributed by atoms with E-state index in [4.69, 9.17) is 0 Å². The van der Waals surface area contributed by atoms with Crippen LogP contribution in [0.3, 0.4) is 0 Å². The molecule has 1 aromatic heterocycles. The summed E-state index contributed by atoms with van der Waals surface area (Å²) >= 11 is 0. The normalized spacial score (nSPS) is 25.1. The molecule has 1 aliphatic carbocycles. The Hall–Kier alpha value is -1.33. The minimum Gasteiger partial charge on any atom is -0.331 e. The van der Waals surface area contributed by atoms with Crippen molar-refractivity contribution in [3.8, 4) is 0 Å². The predicted molar refractivity (Wildman–Crippen MR) is 45.8 cm³/mol. The SMILES string of the molecule is O=Cc1nc(C2CCCC(F)(F)C2)no1. The number of alkyl halides is 2. The van der Waals surface area contributed by atoms with Crippen LogP contribution in [0.15, 0.2) is 4.52 Å². The third kappa shape index (κ3) is 2.19. The van der Waals surface area contributed by atoms with Crippen LogP contribution < -0.4 is 0 Å². The van der Waals surface area contributed by atoms with E-state index in [0.29, 0.717) is 19.1 Å². The number of aldehydes is 1. The zero-order chi connectivity index (χ0) is 10.9. The van der Waals surface area contributed by atoms with Crippen molar-refractivity contribution in [1.29, 1.82) is 0 Å². The summed E-state index contributed by atoms with van der Waals surface area (Å²) in [6.07, 6.45) is 1.14. The van der Waals surface area contributed by atoms with Crippen molar-refractivity contribution in [2.45, 2.75) is 37.5 Å². The molecule has 1 aliphatic rings. The largest absolute Gasteiger partial charge is 0.331 e. The van der Waals surface area contributed by atoms with E-state index >= 15 is 0 Å². The van der Waals surface area contributed by atoms with Crippen LogP contribution >= 0.6 is 0 Å². The van der Waals surface area contributed by atoms with E-state index < -0.39 is 11.8 Å². The van der Waals surface area contributed by atoms with Gasteiger partial charge in [0.15, 0.2) is 5.82 Å². The second-order valence-electron chi connectivity index (χ2n) is 3.76. The number of rotatable bonds is 2. The highest BCUT2D eigenvalue weighted by Gasteiger charge is 2.38. The Labute approximate surface area is 84.7 Å². The molecule has 0 N–H and O–H groups in total. The first-order chi connectivity index (χ1) is 7.11. The molecule has 0 amide bonds. The highest BCUT2D eigenvalue weighted by Crippen LogP contribution is 2.40. The van der Waals surface area contributed by atoms with Crippen LogP contribution in [0.2, 0.25) is 0 Å². The lowest BCUT2D eigenvalue weighted by atomic mass is 9.86. The van der Waals surface area contributed by atoms with Crippen LogP contribution in [0.5, 0.6) is 0 Å². The highest BCUT2D eigenvalue weighted by molar-refractivity contribution is 5.66. The molecule has 0 aromatic carbocycles. The van der Waals surface area contributed by atoms with Gasteiger partial charge in [-0.1, -0.05) is 5.16 Å². The molecular formula is C9H10F2N2O2. The summed E-state index contributed by atoms with van der Waals surface area (Å²) in [7, 11) is 0. The molecule has 1 aromatic rings. The number of carbonyl (C=O) groups excluding carboxylic acids is 1. The summed E-state index contributed by atoms with van der Waals surface area (Å²) in [5, 5.41) is 3.53. The van der Waals surface area contributed by atoms with Crippen molar-refractivity contribution in [1.82, 2.24) is 10.1 Å². The fourth-order valence-corrected chi connectivity index (χ4v) is 1.85. The Balaban J connectivity index is 2.13. The van der Waals surface area contributed by atoms with Crippen LogP contribution in [-0.2, 0) is 0 Å². The standard InChI is InChI=1S/C9H10F2N2O2/c10-9(11)3-1-2-6(4-9)8-12-7(5-14)15-13-8/h5-6H,1-4H2. The molecule has 0 bridgehead atoms. The van der Waals surface area contributed by atoms with Gasteiger partial charge in [0.05, 0.1) is 0 Å². The molecule has 1 heterocycles. The van der Waals surface area contributed by atoms with Gasteiger partial charge in [-0.15, -0.1) is 0 Å². The first-order valence-electron chi connectivity index (χ1n) is 4.77. The summed E-state index contributed by atoms with van der Waals surface area (Å²) < 4.78 is 30.7. The van der Waals surface area contributed by atoms with Crippen molar-refractivity contribution in [2.75, 3.05) is 0 Å². The molecule has 0 aliphatic heterocycles. The van der Waals surface area contributed by atoms with Crippen LogP contribution in [0.25, 0.3) is 0 Å². The molecule has 0 spiro atoms. The van der Waals surface area contributed by atoms with Gasteiger partial charge in [-0.3, -0.25) is 4.79 Å². The van der Waals surface area contributed by atoms with Crippen LogP contribution in [0.1, 0.15) is 48.1 Å². The summed E-state index contributed by atoms with van der Waals surface area (Å²) in [6, 6.07) is 0. The minimum atomic E-state index is -2.65. The van der Waals surface area contributed by atoms with Crippen molar-refractivity contribution < 1.29 is 18.1 Å². The fourth-order valence-electron chi connectivity index (χ4n) is 1.85. The predicted octanol–water partition coefficient (Wildman–Crippen LogP) is 2.17. The van der Waals surface area contributed by atoms with Gasteiger partial charge in [0.2, 0.25) is 12.2 Å². The zero-order valence-corrected chi connectivity index (χ0v) is 7.95. The van der Waals surface area contributed by atoms with Gasteiger partial charge in [0, 0.05) is 18.8 Å². The van der Waals surface area contributed by atoms with Crippen molar-refractivity contribution in [3.63, 3.8) is 0 Å². The number of hydrogen-bond acceptors (Lipinski definition) is 4. The minimum absolute atomic E-state index is 0.0815. The van der Waals surface area contributed by atoms with Crippen molar-refractivity contribution in [3.05, 3.63) is 11.7 Å². The van der Waals surface area contributed by atoms with E-state index in [2.05, 4.69) is 14.7 Å². The average Bonchev–Trinajstić information content (AvgIpc) is 2.64. The Bertz CT molecular complexity index is 365. The van der Waals surface area contributed by atoms with Crippen LogP contribution in [0, 0.1) is 0 Å². The van der Waals surface area contributed by atoms with Crippen LogP contribution in [-0.4, -0.2) is 22.3 Å². The lowest BCUT2D eigenvalue weighted by Crippen LogP contribution is -2.25. The second-order valence-corrected chi connectivity index (χ2v) is 3.76. The maximum Gasteiger partial charge on any atom is 0.290 e. The molecule has 4 nitrogen and oxygen atoms in total. The highest BCUT2D eigenvalue weighted by atomic mass is 19.3. The van der Waals surface area contributed by atoms with Gasteiger partial charge >= 0.3 is 0 Å². The smallest absolute Gasteiger partial charge is 0.290 e. The monoisotopic (exact) mass is 216 g/mol. The molecule has 0 radical (unpaired) electrons. The number of halogens is 2. The number of hydrogen-bond donors (Lipinski definition) is 0. The molecule has 6 heteroatoms. The summed E-state index contributed by atoms with van der Waals surface area (Å²) in [5.41, 5.74) is 0. The molecule has 1 fully saturated rings. The van der Waals surface area contributed by atoms with E-state index in [-0.39, 0.29) is 24.6 Å². The first-order valence-corrected chi connectivity index (χ1v) is 4.77. The lowest BCUT2D eigenvalue weighted by Gasteiger charge is -2.26. The van der Waals surface area contributed by atoms with Gasteiger partial charge in [0.1, 0.15) is 0 Å². The second kappa shape index (κ2) is 3.67. The van der Waals surface area contributed by atoms with Gasteiger partial charge in [-0.2, -0.15) is 4.98 Å². The Kier molecular flexibility index (Phi) is 2.50. The Morgan fingerprint density at radius 3 is 2.93 bits per heavy atom. The van der Waals surface area contributed by atoms with E-state index in [1.807, 2.05) is 0 Å². The summed E-state index contributed by atoms with van der Waals surface area (Å²) in [5.74, 6) is -2.98. The molecule has 0 saturated heterocycles. The average molecular weight is 216 g/mol. The van der Waals surface area contributed by atoms with E-state index in [0.717, 1.165) is 0 Å². The number of aromatic nitrogens is 2. The topological polar surface area (TPSA) is 56.0 Å². The number of carbonyl (C=O) groups is 1. The summed E-state index contributed by atoms with van der Waals surface area (Å²) in [4.78, 5) is 14.0. The van der Waals surface area contributed by atoms with E-state index in [9.17, 15) is 13.6 Å². The fraction of sp³-hybridized carbons (Fsp3) is 0.667. The zero-order valence-electron chi connectivity index (χ0n) is 7.95. The van der Waals surface area contributed by atoms with Gasteiger partial charge in [0.25, 0.3) is 5.89 Å². The molecule has 2 rings (SSSR count). The quantitative estimate of drug-likeness (QED) is 0.711. The van der Waals surface area contributed by atoms with E-state index in [1.54, 1.807) is 0 Å².